The van der Waals surface area contributed by atoms with Gasteiger partial charge in [0.05, 0.1) is 28.9 Å². The third-order valence-corrected chi connectivity index (χ3v) is 18.2. The van der Waals surface area contributed by atoms with E-state index in [1.165, 1.54) is 64.3 Å². The minimum atomic E-state index is -0.226. The van der Waals surface area contributed by atoms with E-state index in [0.29, 0.717) is 40.1 Å². The highest BCUT2D eigenvalue weighted by atomic mass is 32.2. The Morgan fingerprint density at radius 2 is 1.67 bits per heavy atom. The van der Waals surface area contributed by atoms with Crippen molar-refractivity contribution in [1.29, 1.82) is 5.26 Å². The van der Waals surface area contributed by atoms with Gasteiger partial charge in [0.15, 0.2) is 0 Å². The maximum atomic E-state index is 11.4. The molecule has 0 radical (unpaired) electrons. The van der Waals surface area contributed by atoms with E-state index in [2.05, 4.69) is 145 Å². The summed E-state index contributed by atoms with van der Waals surface area (Å²) in [5.41, 5.74) is 17.9. The molecule has 0 saturated carbocycles. The molecule has 4 heterocycles. The van der Waals surface area contributed by atoms with Gasteiger partial charge in [-0.15, -0.1) is 11.8 Å². The van der Waals surface area contributed by atoms with Gasteiger partial charge >= 0.3 is 0 Å². The first kappa shape index (κ1) is 40.0. The molecule has 11 atom stereocenters. The highest BCUT2D eigenvalue weighted by Gasteiger charge is 2.46. The molecule has 1 aromatic carbocycles. The maximum Gasteiger partial charge on any atom is 0.110 e. The molecule has 0 spiro atoms. The second-order valence-electron chi connectivity index (χ2n) is 21.0. The first-order chi connectivity index (χ1) is 30.8. The Labute approximate surface area is 379 Å². The topological polar surface area (TPSA) is 68.4 Å². The van der Waals surface area contributed by atoms with Crippen LogP contribution in [0.1, 0.15) is 125 Å². The van der Waals surface area contributed by atoms with Gasteiger partial charge in [0.1, 0.15) is 24.2 Å². The van der Waals surface area contributed by atoms with Crippen LogP contribution in [0.15, 0.2) is 112 Å². The highest BCUT2D eigenvalue weighted by Crippen LogP contribution is 2.53. The van der Waals surface area contributed by atoms with Gasteiger partial charge in [-0.05, 0) is 148 Å². The number of anilines is 1. The Hall–Kier alpha value is -4.51. The van der Waals surface area contributed by atoms with Gasteiger partial charge < -0.3 is 14.8 Å². The SMILES string of the molecule is CC1=CC2=C(CC1)N(c1cc(-n3c4c(c5c3CCC(C)C5)CC(C)CC4)c(C#N)cc1C1NC(C3C=CC=C4C5=CC=CCC5SC43)=NC(C3C=CCCC3)N1)C1C=CC(C)CC21. The minimum absolute atomic E-state index is 0.0672. The van der Waals surface area contributed by atoms with Crippen molar-refractivity contribution in [3.63, 3.8) is 0 Å². The van der Waals surface area contributed by atoms with Crippen molar-refractivity contribution in [2.24, 2.45) is 40.5 Å². The number of aliphatic imine (C=N–C) groups is 1. The van der Waals surface area contributed by atoms with Crippen LogP contribution in [0.25, 0.3) is 5.69 Å². The van der Waals surface area contributed by atoms with Crippen molar-refractivity contribution >= 4 is 23.3 Å². The number of amidine groups is 1. The number of thioether (sulfide) groups is 1. The summed E-state index contributed by atoms with van der Waals surface area (Å²) in [7, 11) is 0. The smallest absolute Gasteiger partial charge is 0.110 e. The zero-order valence-electron chi connectivity index (χ0n) is 37.7. The number of allylic oxidation sites excluding steroid dienone is 10. The van der Waals surface area contributed by atoms with Crippen molar-refractivity contribution in [3.05, 3.63) is 141 Å². The van der Waals surface area contributed by atoms with E-state index in [4.69, 9.17) is 4.99 Å². The second kappa shape index (κ2) is 15.9. The lowest BCUT2D eigenvalue weighted by atomic mass is 9.79. The third kappa shape index (κ3) is 6.70. The predicted molar refractivity (Wildman–Crippen MR) is 260 cm³/mol. The third-order valence-electron chi connectivity index (χ3n) is 16.6. The Morgan fingerprint density at radius 3 is 2.44 bits per heavy atom. The van der Waals surface area contributed by atoms with Crippen LogP contribution in [0.3, 0.4) is 0 Å². The summed E-state index contributed by atoms with van der Waals surface area (Å²) in [6, 6.07) is 7.89. The quantitative estimate of drug-likeness (QED) is 0.293. The number of fused-ring (bicyclic) bond motifs is 8. The van der Waals surface area contributed by atoms with Crippen molar-refractivity contribution < 1.29 is 0 Å². The van der Waals surface area contributed by atoms with Gasteiger partial charge in [-0.2, -0.15) is 5.26 Å². The molecule has 1 saturated heterocycles. The minimum Gasteiger partial charge on any atom is -0.354 e. The van der Waals surface area contributed by atoms with Crippen LogP contribution < -0.4 is 15.5 Å². The molecule has 10 aliphatic rings. The molecule has 2 aromatic rings. The van der Waals surface area contributed by atoms with E-state index in [9.17, 15) is 5.26 Å². The summed E-state index contributed by atoms with van der Waals surface area (Å²) in [6.45, 7) is 9.59. The van der Waals surface area contributed by atoms with Crippen LogP contribution in [0, 0.1) is 46.8 Å². The first-order valence-electron chi connectivity index (χ1n) is 24.7. The zero-order chi connectivity index (χ0) is 42.5. The van der Waals surface area contributed by atoms with E-state index in [0.717, 1.165) is 81.3 Å². The molecule has 7 heteroatoms. The zero-order valence-corrected chi connectivity index (χ0v) is 38.6. The number of nitrogens with one attached hydrogen (secondary N) is 2. The van der Waals surface area contributed by atoms with Crippen LogP contribution in [-0.2, 0) is 25.7 Å². The van der Waals surface area contributed by atoms with Gasteiger partial charge in [-0.25, -0.2) is 0 Å². The molecule has 11 unspecified atom stereocenters. The lowest BCUT2D eigenvalue weighted by Crippen LogP contribution is -2.54. The summed E-state index contributed by atoms with van der Waals surface area (Å²) in [6.07, 6.45) is 40.8. The Balaban J connectivity index is 1.04. The largest absolute Gasteiger partial charge is 0.354 e. The van der Waals surface area contributed by atoms with Gasteiger partial charge in [-0.3, -0.25) is 10.3 Å². The van der Waals surface area contributed by atoms with Crippen LogP contribution in [0.2, 0.25) is 0 Å². The van der Waals surface area contributed by atoms with Crippen LogP contribution in [-0.4, -0.2) is 33.1 Å². The molecular formula is C56H64N6S. The van der Waals surface area contributed by atoms with Crippen molar-refractivity contribution in [3.8, 4) is 11.8 Å². The summed E-state index contributed by atoms with van der Waals surface area (Å²) in [5, 5.41) is 20.5. The number of benzene rings is 1. The number of rotatable bonds is 5. The monoisotopic (exact) mass is 852 g/mol. The molecule has 12 rings (SSSR count). The van der Waals surface area contributed by atoms with Gasteiger partial charge in [0.2, 0.25) is 0 Å². The van der Waals surface area contributed by atoms with Crippen molar-refractivity contribution in [2.75, 3.05) is 4.90 Å². The molecule has 6 nitrogen and oxygen atoms in total. The maximum absolute atomic E-state index is 11.4. The average Bonchev–Trinajstić information content (AvgIpc) is 3.95. The van der Waals surface area contributed by atoms with Gasteiger partial charge in [0.25, 0.3) is 0 Å². The first-order valence-corrected chi connectivity index (χ1v) is 25.6. The van der Waals surface area contributed by atoms with Crippen LogP contribution in [0.4, 0.5) is 5.69 Å². The van der Waals surface area contributed by atoms with Crippen molar-refractivity contribution in [1.82, 2.24) is 15.2 Å². The molecular weight excluding hydrogens is 789 g/mol. The van der Waals surface area contributed by atoms with Gasteiger partial charge in [0, 0.05) is 45.0 Å². The fraction of sp³-hybridized carbons (Fsp3) is 0.500. The summed E-state index contributed by atoms with van der Waals surface area (Å²) in [4.78, 5) is 8.44. The summed E-state index contributed by atoms with van der Waals surface area (Å²) in [5.74, 6) is 3.91. The predicted octanol–water partition coefficient (Wildman–Crippen LogP) is 11.7. The Bertz CT molecular complexity index is 2540. The number of nitrogens with zero attached hydrogens (tertiary/aromatic N) is 4. The second-order valence-corrected chi connectivity index (χ2v) is 22.3. The molecule has 63 heavy (non-hydrogen) atoms. The van der Waals surface area contributed by atoms with E-state index < -0.39 is 0 Å². The lowest BCUT2D eigenvalue weighted by molar-refractivity contribution is 0.314. The molecule has 3 aliphatic heterocycles. The molecule has 2 N–H and O–H groups in total. The highest BCUT2D eigenvalue weighted by molar-refractivity contribution is 8.01. The molecule has 7 aliphatic carbocycles. The Morgan fingerprint density at radius 1 is 0.857 bits per heavy atom. The molecule has 1 fully saturated rings. The molecule has 0 amide bonds. The van der Waals surface area contributed by atoms with E-state index in [-0.39, 0.29) is 24.3 Å². The number of hydrogen-bond donors (Lipinski definition) is 2. The molecule has 1 aromatic heterocycles. The molecule has 324 valence electrons. The fourth-order valence-corrected chi connectivity index (χ4v) is 15.1. The average molecular weight is 853 g/mol. The molecule has 0 bridgehead atoms. The number of hydrogen-bond acceptors (Lipinski definition) is 6. The van der Waals surface area contributed by atoms with E-state index in [1.807, 2.05) is 0 Å². The number of aromatic nitrogens is 1. The summed E-state index contributed by atoms with van der Waals surface area (Å²) < 4.78 is 2.63. The number of nitriles is 1. The van der Waals surface area contributed by atoms with Crippen LogP contribution >= 0.6 is 11.8 Å². The van der Waals surface area contributed by atoms with Crippen LogP contribution in [0.5, 0.6) is 0 Å². The summed E-state index contributed by atoms with van der Waals surface area (Å²) >= 11 is 2.12. The Kier molecular flexibility index (Phi) is 10.1. The normalized spacial score (nSPS) is 35.0. The standard InChI is InChI=1S/C56H64N6S/c1-32-17-21-46-41(25-32)42-26-33(2)18-22-47(42)61(46)50-30-51(62-48-23-19-34(3)27-43(48)44-28-35(4)20-24-49(44)62)45(29-37(50)31-57)56-59-54(36-11-6-5-7-12-36)58-55(60-56)40-15-10-14-39-38-13-8-9-16-52(38)63-53(39)40/h6,8-11,13-15,19,23,28-30,32-34,36,40,43,48,52-54,56,59H,5,7,12,16-18,20-22,24-27H2,1-4H3,(H,58,60). The van der Waals surface area contributed by atoms with Gasteiger partial charge in [-0.1, -0.05) is 93.2 Å². The van der Waals surface area contributed by atoms with E-state index in [1.54, 1.807) is 16.7 Å². The van der Waals surface area contributed by atoms with Crippen molar-refractivity contribution in [2.45, 2.75) is 140 Å². The fourth-order valence-electron chi connectivity index (χ4n) is 13.4. The lowest BCUT2D eigenvalue weighted by Gasteiger charge is -2.41. The van der Waals surface area contributed by atoms with E-state index >= 15 is 0 Å².